The van der Waals surface area contributed by atoms with Gasteiger partial charge in [-0.15, -0.1) is 0 Å². The molecular formula is C15H25NO2. The van der Waals surface area contributed by atoms with Crippen molar-refractivity contribution in [2.75, 3.05) is 13.2 Å². The maximum atomic E-state index is 12.4. The van der Waals surface area contributed by atoms with Crippen LogP contribution in [0.1, 0.15) is 51.4 Å². The average molecular weight is 251 g/mol. The predicted octanol–water partition coefficient (Wildman–Crippen LogP) is 2.29. The second-order valence-electron chi connectivity index (χ2n) is 6.39. The summed E-state index contributed by atoms with van der Waals surface area (Å²) in [6, 6.07) is 1.25. The lowest BCUT2D eigenvalue weighted by Crippen LogP contribution is -2.50. The highest BCUT2D eigenvalue weighted by molar-refractivity contribution is 5.81. The molecule has 3 heterocycles. The maximum absolute atomic E-state index is 12.4. The van der Waals surface area contributed by atoms with Gasteiger partial charge in [-0.25, -0.2) is 0 Å². The molecular weight excluding hydrogens is 226 g/mol. The summed E-state index contributed by atoms with van der Waals surface area (Å²) in [6.45, 7) is 1.71. The molecule has 0 saturated carbocycles. The number of carbonyl (C=O) groups is 1. The summed E-state index contributed by atoms with van der Waals surface area (Å²) in [7, 11) is 0. The van der Waals surface area contributed by atoms with Crippen LogP contribution in [0.3, 0.4) is 0 Å². The molecule has 0 radical (unpaired) electrons. The number of Topliss-reactive ketones (excluding diaryl/α,β-unsaturated/α-hetero) is 1. The fraction of sp³-hybridized carbons (Fsp3) is 0.933. The van der Waals surface area contributed by atoms with Gasteiger partial charge in [0.15, 0.2) is 0 Å². The number of ketones is 1. The van der Waals surface area contributed by atoms with E-state index in [1.807, 2.05) is 0 Å². The third-order valence-corrected chi connectivity index (χ3v) is 5.00. The van der Waals surface area contributed by atoms with E-state index in [0.717, 1.165) is 45.3 Å². The van der Waals surface area contributed by atoms with E-state index in [1.165, 1.54) is 19.3 Å². The summed E-state index contributed by atoms with van der Waals surface area (Å²) in [5, 5.41) is 3.67. The molecule has 2 bridgehead atoms. The van der Waals surface area contributed by atoms with Gasteiger partial charge in [0.1, 0.15) is 5.78 Å². The molecule has 18 heavy (non-hydrogen) atoms. The van der Waals surface area contributed by atoms with Crippen molar-refractivity contribution in [1.29, 1.82) is 0 Å². The Balaban J connectivity index is 1.52. The molecule has 1 N–H and O–H groups in total. The van der Waals surface area contributed by atoms with Crippen LogP contribution in [-0.4, -0.2) is 31.1 Å². The minimum atomic E-state index is 0.351. The highest BCUT2D eigenvalue weighted by Gasteiger charge is 2.35. The van der Waals surface area contributed by atoms with Crippen LogP contribution < -0.4 is 5.32 Å². The highest BCUT2D eigenvalue weighted by Crippen LogP contribution is 2.32. The Hall–Kier alpha value is -0.410. The zero-order chi connectivity index (χ0) is 12.4. The van der Waals surface area contributed by atoms with E-state index in [0.29, 0.717) is 29.7 Å². The third kappa shape index (κ3) is 2.94. The molecule has 3 nitrogen and oxygen atoms in total. The lowest BCUT2D eigenvalue weighted by Gasteiger charge is -2.40. The molecule has 0 aromatic heterocycles. The molecule has 102 valence electrons. The van der Waals surface area contributed by atoms with Gasteiger partial charge in [0.2, 0.25) is 0 Å². The van der Waals surface area contributed by atoms with Gasteiger partial charge < -0.3 is 10.1 Å². The Morgan fingerprint density at radius 2 is 1.72 bits per heavy atom. The first-order valence-corrected chi connectivity index (χ1v) is 7.68. The van der Waals surface area contributed by atoms with Crippen molar-refractivity contribution < 1.29 is 9.53 Å². The van der Waals surface area contributed by atoms with E-state index in [4.69, 9.17) is 4.74 Å². The van der Waals surface area contributed by atoms with E-state index < -0.39 is 0 Å². The van der Waals surface area contributed by atoms with Gasteiger partial charge in [-0.3, -0.25) is 4.79 Å². The van der Waals surface area contributed by atoms with Gasteiger partial charge in [-0.1, -0.05) is 6.42 Å². The molecule has 0 amide bonds. The van der Waals surface area contributed by atoms with Crippen LogP contribution in [0.5, 0.6) is 0 Å². The molecule has 0 spiro atoms. The number of rotatable bonds is 3. The van der Waals surface area contributed by atoms with E-state index in [9.17, 15) is 4.79 Å². The van der Waals surface area contributed by atoms with Crippen molar-refractivity contribution in [3.05, 3.63) is 0 Å². The molecule has 0 aliphatic carbocycles. The second kappa shape index (κ2) is 5.70. The van der Waals surface area contributed by atoms with Crippen LogP contribution in [0.15, 0.2) is 0 Å². The molecule has 3 aliphatic rings. The number of nitrogens with one attached hydrogen (secondary N) is 1. The first kappa shape index (κ1) is 12.6. The summed E-state index contributed by atoms with van der Waals surface area (Å²) in [6.07, 6.45) is 9.08. The van der Waals surface area contributed by atoms with Gasteiger partial charge in [-0.2, -0.15) is 0 Å². The number of hydrogen-bond donors (Lipinski definition) is 1. The van der Waals surface area contributed by atoms with E-state index in [1.54, 1.807) is 0 Å². The zero-order valence-electron chi connectivity index (χ0n) is 11.2. The van der Waals surface area contributed by atoms with Gasteiger partial charge in [0, 0.05) is 37.6 Å². The number of carbonyl (C=O) groups excluding carboxylic acids is 1. The van der Waals surface area contributed by atoms with Crippen molar-refractivity contribution in [1.82, 2.24) is 5.32 Å². The Morgan fingerprint density at radius 1 is 1.06 bits per heavy atom. The number of ether oxygens (including phenoxy) is 1. The lowest BCUT2D eigenvalue weighted by molar-refractivity contribution is -0.126. The topological polar surface area (TPSA) is 38.3 Å². The van der Waals surface area contributed by atoms with Crippen LogP contribution >= 0.6 is 0 Å². The normalized spacial score (nSPS) is 37.4. The smallest absolute Gasteiger partial charge is 0.136 e. The summed E-state index contributed by atoms with van der Waals surface area (Å²) in [5.41, 5.74) is 0. The summed E-state index contributed by atoms with van der Waals surface area (Å²) in [4.78, 5) is 12.4. The first-order valence-electron chi connectivity index (χ1n) is 7.68. The number of fused-ring (bicyclic) bond motifs is 2. The number of hydrogen-bond acceptors (Lipinski definition) is 3. The first-order chi connectivity index (χ1) is 8.81. The third-order valence-electron chi connectivity index (χ3n) is 5.00. The zero-order valence-corrected chi connectivity index (χ0v) is 11.2. The predicted molar refractivity (Wildman–Crippen MR) is 70.5 cm³/mol. The van der Waals surface area contributed by atoms with Gasteiger partial charge in [-0.05, 0) is 44.4 Å². The van der Waals surface area contributed by atoms with Crippen molar-refractivity contribution in [3.8, 4) is 0 Å². The largest absolute Gasteiger partial charge is 0.381 e. The molecule has 3 rings (SSSR count). The van der Waals surface area contributed by atoms with Crippen molar-refractivity contribution in [3.63, 3.8) is 0 Å². The van der Waals surface area contributed by atoms with Crippen molar-refractivity contribution in [2.24, 2.45) is 11.8 Å². The minimum Gasteiger partial charge on any atom is -0.381 e. The Bertz CT molecular complexity index is 287. The molecule has 3 aliphatic heterocycles. The fourth-order valence-electron chi connectivity index (χ4n) is 3.93. The minimum absolute atomic E-state index is 0.351. The quantitative estimate of drug-likeness (QED) is 0.836. The fourth-order valence-corrected chi connectivity index (χ4v) is 3.93. The number of piperidine rings is 2. The SMILES string of the molecule is O=C(CC1CCOCC1)C1CC2CCCC(C1)N2. The van der Waals surface area contributed by atoms with E-state index >= 15 is 0 Å². The Labute approximate surface area is 110 Å². The lowest BCUT2D eigenvalue weighted by atomic mass is 9.76. The van der Waals surface area contributed by atoms with Crippen LogP contribution in [0.4, 0.5) is 0 Å². The molecule has 3 saturated heterocycles. The molecule has 2 unspecified atom stereocenters. The molecule has 2 atom stereocenters. The highest BCUT2D eigenvalue weighted by atomic mass is 16.5. The monoisotopic (exact) mass is 251 g/mol. The van der Waals surface area contributed by atoms with Crippen LogP contribution in [0, 0.1) is 11.8 Å². The van der Waals surface area contributed by atoms with Crippen LogP contribution in [0.25, 0.3) is 0 Å². The van der Waals surface area contributed by atoms with Crippen molar-refractivity contribution in [2.45, 2.75) is 63.5 Å². The Morgan fingerprint density at radius 3 is 2.39 bits per heavy atom. The summed E-state index contributed by atoms with van der Waals surface area (Å²) in [5.74, 6) is 1.49. The Kier molecular flexibility index (Phi) is 4.00. The maximum Gasteiger partial charge on any atom is 0.136 e. The molecule has 3 fully saturated rings. The second-order valence-corrected chi connectivity index (χ2v) is 6.39. The van der Waals surface area contributed by atoms with Gasteiger partial charge >= 0.3 is 0 Å². The van der Waals surface area contributed by atoms with Gasteiger partial charge in [0.25, 0.3) is 0 Å². The molecule has 0 aromatic carbocycles. The van der Waals surface area contributed by atoms with Crippen molar-refractivity contribution >= 4 is 5.78 Å². The van der Waals surface area contributed by atoms with Crippen LogP contribution in [-0.2, 0) is 9.53 Å². The van der Waals surface area contributed by atoms with Gasteiger partial charge in [0.05, 0.1) is 0 Å². The summed E-state index contributed by atoms with van der Waals surface area (Å²) < 4.78 is 5.37. The molecule has 3 heteroatoms. The molecule has 0 aromatic rings. The van der Waals surface area contributed by atoms with E-state index in [-0.39, 0.29) is 0 Å². The summed E-state index contributed by atoms with van der Waals surface area (Å²) >= 11 is 0. The average Bonchev–Trinajstić information content (AvgIpc) is 2.39. The van der Waals surface area contributed by atoms with Crippen LogP contribution in [0.2, 0.25) is 0 Å². The van der Waals surface area contributed by atoms with E-state index in [2.05, 4.69) is 5.32 Å². The standard InChI is InChI=1S/C15H25NO2/c17-15(8-11-4-6-18-7-5-11)12-9-13-2-1-3-14(10-12)16-13/h11-14,16H,1-10H2.